The van der Waals surface area contributed by atoms with Crippen LogP contribution < -0.4 is 20.7 Å². The summed E-state index contributed by atoms with van der Waals surface area (Å²) in [5, 5.41) is 9.35. The van der Waals surface area contributed by atoms with E-state index in [2.05, 4.69) is 41.7 Å². The van der Waals surface area contributed by atoms with E-state index in [4.69, 9.17) is 4.74 Å². The second kappa shape index (κ2) is 10.6. The molecule has 172 valence electrons. The summed E-state index contributed by atoms with van der Waals surface area (Å²) < 4.78 is 5.38. The monoisotopic (exact) mass is 438 g/mol. The summed E-state index contributed by atoms with van der Waals surface area (Å²) in [6.45, 7) is 6.44. The Morgan fingerprint density at radius 2 is 1.69 bits per heavy atom. The average molecular weight is 439 g/mol. The quantitative estimate of drug-likeness (QED) is 0.617. The van der Waals surface area contributed by atoms with Gasteiger partial charge >= 0.3 is 0 Å². The van der Waals surface area contributed by atoms with Gasteiger partial charge in [0.2, 0.25) is 5.91 Å². The molecule has 0 bridgehead atoms. The highest BCUT2D eigenvalue weighted by Crippen LogP contribution is 2.28. The normalized spacial score (nSPS) is 18.6. The Morgan fingerprint density at radius 1 is 1.00 bits per heavy atom. The van der Waals surface area contributed by atoms with Crippen LogP contribution in [0.4, 0.5) is 0 Å². The second-order valence-electron chi connectivity index (χ2n) is 9.30. The van der Waals surface area contributed by atoms with Crippen molar-refractivity contribution >= 4 is 11.8 Å². The van der Waals surface area contributed by atoms with Crippen molar-refractivity contribution in [2.75, 3.05) is 13.7 Å². The molecule has 0 saturated heterocycles. The Balaban J connectivity index is 1.49. The van der Waals surface area contributed by atoms with Crippen LogP contribution in [0.5, 0.6) is 5.75 Å². The lowest BCUT2D eigenvalue weighted by Gasteiger charge is -2.34. The minimum absolute atomic E-state index is 0.0699. The predicted octanol–water partition coefficient (Wildman–Crippen LogP) is 3.30. The number of para-hydroxylation sites is 1. The van der Waals surface area contributed by atoms with Gasteiger partial charge in [0.1, 0.15) is 11.4 Å². The van der Waals surface area contributed by atoms with Gasteiger partial charge in [-0.05, 0) is 70.7 Å². The highest BCUT2D eigenvalue weighted by atomic mass is 16.5. The Labute approximate surface area is 190 Å². The summed E-state index contributed by atoms with van der Waals surface area (Å²) in [5.41, 5.74) is 1.80. The van der Waals surface area contributed by atoms with E-state index in [0.717, 1.165) is 31.2 Å². The molecule has 7 heteroatoms. The van der Waals surface area contributed by atoms with Gasteiger partial charge in [-0.1, -0.05) is 18.2 Å². The maximum Gasteiger partial charge on any atom is 0.270 e. The number of carbonyl (C=O) groups is 2. The van der Waals surface area contributed by atoms with Gasteiger partial charge in [-0.2, -0.15) is 0 Å². The fourth-order valence-electron chi connectivity index (χ4n) is 4.09. The minimum atomic E-state index is -0.380. The Bertz CT molecular complexity index is 931. The minimum Gasteiger partial charge on any atom is -0.496 e. The predicted molar refractivity (Wildman–Crippen MR) is 126 cm³/mol. The van der Waals surface area contributed by atoms with Gasteiger partial charge in [0.05, 0.1) is 19.3 Å². The molecule has 1 aliphatic carbocycles. The Kier molecular flexibility index (Phi) is 7.85. The molecule has 3 N–H and O–H groups in total. The molecule has 3 rings (SSSR count). The van der Waals surface area contributed by atoms with Crippen molar-refractivity contribution in [3.63, 3.8) is 0 Å². The van der Waals surface area contributed by atoms with Crippen molar-refractivity contribution in [3.05, 3.63) is 48.2 Å². The molecular weight excluding hydrogens is 404 g/mol. The maximum absolute atomic E-state index is 12.6. The largest absolute Gasteiger partial charge is 0.496 e. The number of methoxy groups -OCH3 is 1. The topological polar surface area (TPSA) is 92.3 Å². The SMILES string of the molecule is COc1ccccc1-c1cccc(C(=O)NCC(=O)N[C@H]2CC[C@H](NC(C)(C)C)CC2)n1. The fraction of sp³-hybridized carbons (Fsp3) is 0.480. The number of rotatable bonds is 7. The van der Waals surface area contributed by atoms with Crippen LogP contribution in [-0.2, 0) is 4.79 Å². The summed E-state index contributed by atoms with van der Waals surface area (Å²) in [6.07, 6.45) is 3.95. The van der Waals surface area contributed by atoms with E-state index in [1.807, 2.05) is 30.3 Å². The molecule has 7 nitrogen and oxygen atoms in total. The molecule has 1 aromatic heterocycles. The summed E-state index contributed by atoms with van der Waals surface area (Å²) in [7, 11) is 1.60. The third kappa shape index (κ3) is 6.79. The van der Waals surface area contributed by atoms with Crippen LogP contribution in [0.15, 0.2) is 42.5 Å². The van der Waals surface area contributed by atoms with Crippen LogP contribution >= 0.6 is 0 Å². The van der Waals surface area contributed by atoms with Gasteiger partial charge in [0.25, 0.3) is 5.91 Å². The number of nitrogens with one attached hydrogen (secondary N) is 3. The molecule has 1 heterocycles. The number of pyridine rings is 1. The Hall–Kier alpha value is -2.93. The zero-order valence-electron chi connectivity index (χ0n) is 19.4. The first-order chi connectivity index (χ1) is 15.2. The molecule has 0 aliphatic heterocycles. The van der Waals surface area contributed by atoms with Gasteiger partial charge in [0.15, 0.2) is 0 Å². The molecule has 32 heavy (non-hydrogen) atoms. The van der Waals surface area contributed by atoms with Crippen molar-refractivity contribution < 1.29 is 14.3 Å². The number of ether oxygens (including phenoxy) is 1. The van der Waals surface area contributed by atoms with Crippen molar-refractivity contribution in [1.82, 2.24) is 20.9 Å². The summed E-state index contributed by atoms with van der Waals surface area (Å²) in [5.74, 6) is 0.130. The van der Waals surface area contributed by atoms with Crippen molar-refractivity contribution in [1.29, 1.82) is 0 Å². The van der Waals surface area contributed by atoms with Crippen LogP contribution in [0.25, 0.3) is 11.3 Å². The third-order valence-electron chi connectivity index (χ3n) is 5.50. The number of carbonyl (C=O) groups excluding carboxylic acids is 2. The first kappa shape index (κ1) is 23.7. The van der Waals surface area contributed by atoms with Crippen molar-refractivity contribution in [2.24, 2.45) is 0 Å². The van der Waals surface area contributed by atoms with Gasteiger partial charge in [-0.3, -0.25) is 9.59 Å². The van der Waals surface area contributed by atoms with E-state index in [1.54, 1.807) is 19.2 Å². The molecule has 0 unspecified atom stereocenters. The molecule has 1 fully saturated rings. The van der Waals surface area contributed by atoms with Gasteiger partial charge in [0, 0.05) is 23.2 Å². The molecule has 0 radical (unpaired) electrons. The lowest BCUT2D eigenvalue weighted by molar-refractivity contribution is -0.121. The molecule has 2 aromatic rings. The molecular formula is C25H34N4O3. The van der Waals surface area contributed by atoms with Crippen LogP contribution in [-0.4, -0.2) is 48.1 Å². The number of hydrogen-bond donors (Lipinski definition) is 3. The number of hydrogen-bond acceptors (Lipinski definition) is 5. The van der Waals surface area contributed by atoms with E-state index in [9.17, 15) is 9.59 Å². The van der Waals surface area contributed by atoms with Crippen LogP contribution in [0.1, 0.15) is 56.9 Å². The highest BCUT2D eigenvalue weighted by molar-refractivity contribution is 5.95. The standard InChI is InChI=1S/C25H34N4O3/c1-25(2,3)29-18-14-12-17(13-15-18)27-23(30)16-26-24(31)21-10-7-9-20(28-21)19-8-5-6-11-22(19)32-4/h5-11,17-18,29H,12-16H2,1-4H3,(H,26,31)(H,27,30)/t17-,18-. The highest BCUT2D eigenvalue weighted by Gasteiger charge is 2.25. The zero-order chi connectivity index (χ0) is 23.1. The Morgan fingerprint density at radius 3 is 2.38 bits per heavy atom. The molecule has 0 spiro atoms. The summed E-state index contributed by atoms with van der Waals surface area (Å²) >= 11 is 0. The average Bonchev–Trinajstić information content (AvgIpc) is 2.78. The fourth-order valence-corrected chi connectivity index (χ4v) is 4.09. The third-order valence-corrected chi connectivity index (χ3v) is 5.50. The van der Waals surface area contributed by atoms with E-state index < -0.39 is 0 Å². The van der Waals surface area contributed by atoms with E-state index >= 15 is 0 Å². The number of benzene rings is 1. The van der Waals surface area contributed by atoms with Crippen LogP contribution in [0.3, 0.4) is 0 Å². The maximum atomic E-state index is 12.6. The first-order valence-corrected chi connectivity index (χ1v) is 11.2. The van der Waals surface area contributed by atoms with E-state index in [-0.39, 0.29) is 35.6 Å². The smallest absolute Gasteiger partial charge is 0.270 e. The molecule has 2 amide bonds. The number of nitrogens with zero attached hydrogens (tertiary/aromatic N) is 1. The lowest BCUT2D eigenvalue weighted by Crippen LogP contribution is -2.49. The van der Waals surface area contributed by atoms with Crippen molar-refractivity contribution in [2.45, 2.75) is 64.1 Å². The number of aromatic nitrogens is 1. The second-order valence-corrected chi connectivity index (χ2v) is 9.30. The lowest BCUT2D eigenvalue weighted by atomic mass is 9.89. The van der Waals surface area contributed by atoms with Crippen molar-refractivity contribution in [3.8, 4) is 17.0 Å². The summed E-state index contributed by atoms with van der Waals surface area (Å²) in [4.78, 5) is 29.4. The first-order valence-electron chi connectivity index (χ1n) is 11.2. The van der Waals surface area contributed by atoms with Gasteiger partial charge < -0.3 is 20.7 Å². The van der Waals surface area contributed by atoms with Gasteiger partial charge in [-0.25, -0.2) is 4.98 Å². The van der Waals surface area contributed by atoms with E-state index in [0.29, 0.717) is 17.5 Å². The van der Waals surface area contributed by atoms with Crippen LogP contribution in [0.2, 0.25) is 0 Å². The number of amides is 2. The molecule has 0 atom stereocenters. The molecule has 1 aliphatic rings. The van der Waals surface area contributed by atoms with Gasteiger partial charge in [-0.15, -0.1) is 0 Å². The zero-order valence-corrected chi connectivity index (χ0v) is 19.4. The molecule has 1 aromatic carbocycles. The van der Waals surface area contributed by atoms with Crippen LogP contribution in [0, 0.1) is 0 Å². The van der Waals surface area contributed by atoms with E-state index in [1.165, 1.54) is 0 Å². The summed E-state index contributed by atoms with van der Waals surface area (Å²) in [6, 6.07) is 13.4. The molecule has 1 saturated carbocycles.